The Morgan fingerprint density at radius 1 is 1.64 bits per heavy atom. The summed E-state index contributed by atoms with van der Waals surface area (Å²) in [5, 5.41) is 10.1. The van der Waals surface area contributed by atoms with Crippen molar-refractivity contribution in [1.82, 2.24) is 9.55 Å². The third-order valence-corrected chi connectivity index (χ3v) is 4.27. The number of rotatable bonds is 1. The van der Waals surface area contributed by atoms with Gasteiger partial charge in [0, 0.05) is 19.4 Å². The number of hydrogen-bond acceptors (Lipinski definition) is 4. The fourth-order valence-electron chi connectivity index (χ4n) is 1.82. The van der Waals surface area contributed by atoms with Crippen LogP contribution in [0.2, 0.25) is 0 Å². The molecule has 0 aromatic carbocycles. The molecule has 1 saturated heterocycles. The molecule has 1 aliphatic rings. The second-order valence-corrected chi connectivity index (χ2v) is 5.92. The second-order valence-electron chi connectivity index (χ2n) is 3.74. The summed E-state index contributed by atoms with van der Waals surface area (Å²) in [6.45, 7) is 0. The molecule has 1 aromatic rings. The molecule has 0 aliphatic carbocycles. The van der Waals surface area contributed by atoms with Gasteiger partial charge in [0.1, 0.15) is 11.4 Å². The van der Waals surface area contributed by atoms with E-state index in [9.17, 15) is 13.5 Å². The predicted molar refractivity (Wildman–Crippen MR) is 50.4 cm³/mol. The number of hydrogen-bond donors (Lipinski definition) is 1. The normalized spacial score (nSPS) is 30.7. The van der Waals surface area contributed by atoms with Crippen LogP contribution in [-0.2, 0) is 22.5 Å². The van der Waals surface area contributed by atoms with Gasteiger partial charge in [-0.3, -0.25) is 0 Å². The van der Waals surface area contributed by atoms with E-state index in [4.69, 9.17) is 0 Å². The molecule has 6 heteroatoms. The van der Waals surface area contributed by atoms with E-state index < -0.39 is 15.4 Å². The van der Waals surface area contributed by atoms with Gasteiger partial charge in [-0.1, -0.05) is 0 Å². The van der Waals surface area contributed by atoms with Crippen LogP contribution in [0.3, 0.4) is 0 Å². The minimum absolute atomic E-state index is 0.0381. The first-order valence-electron chi connectivity index (χ1n) is 4.34. The topological polar surface area (TPSA) is 72.2 Å². The van der Waals surface area contributed by atoms with Crippen molar-refractivity contribution in [3.8, 4) is 0 Å². The second kappa shape index (κ2) is 2.80. The smallest absolute Gasteiger partial charge is 0.153 e. The van der Waals surface area contributed by atoms with E-state index in [0.717, 1.165) is 0 Å². The lowest BCUT2D eigenvalue weighted by molar-refractivity contribution is 0.0529. The van der Waals surface area contributed by atoms with Crippen molar-refractivity contribution in [3.05, 3.63) is 18.2 Å². The van der Waals surface area contributed by atoms with Crippen molar-refractivity contribution >= 4 is 9.84 Å². The van der Waals surface area contributed by atoms with E-state index >= 15 is 0 Å². The summed E-state index contributed by atoms with van der Waals surface area (Å²) < 4.78 is 24.2. The number of aromatic nitrogens is 2. The molecule has 78 valence electrons. The van der Waals surface area contributed by atoms with Crippen LogP contribution in [-0.4, -0.2) is 34.6 Å². The van der Waals surface area contributed by atoms with Crippen molar-refractivity contribution in [3.63, 3.8) is 0 Å². The van der Waals surface area contributed by atoms with E-state index in [-0.39, 0.29) is 17.9 Å². The number of aryl methyl sites for hydroxylation is 1. The molecule has 2 rings (SSSR count). The molecular formula is C8H12N2O3S. The first kappa shape index (κ1) is 9.67. The highest BCUT2D eigenvalue weighted by atomic mass is 32.2. The fourth-order valence-corrected chi connectivity index (χ4v) is 3.62. The average Bonchev–Trinajstić information content (AvgIpc) is 2.57. The zero-order valence-corrected chi connectivity index (χ0v) is 8.66. The molecule has 5 nitrogen and oxygen atoms in total. The molecule has 1 fully saturated rings. The largest absolute Gasteiger partial charge is 0.381 e. The minimum atomic E-state index is -3.10. The third-order valence-electron chi connectivity index (χ3n) is 2.52. The fraction of sp³-hybridized carbons (Fsp3) is 0.625. The number of sulfone groups is 1. The summed E-state index contributed by atoms with van der Waals surface area (Å²) in [4.78, 5) is 3.98. The van der Waals surface area contributed by atoms with Gasteiger partial charge in [0.05, 0.1) is 11.5 Å². The zero-order chi connectivity index (χ0) is 10.4. The standard InChI is InChI=1S/C8H12N2O3S/c1-10-4-3-9-7(10)8(11)2-5-14(12,13)6-8/h3-4,11H,2,5-6H2,1H3. The van der Waals surface area contributed by atoms with Crippen LogP contribution in [0.5, 0.6) is 0 Å². The Bertz CT molecular complexity index is 451. The maximum Gasteiger partial charge on any atom is 0.153 e. The molecule has 1 aliphatic heterocycles. The zero-order valence-electron chi connectivity index (χ0n) is 7.84. The average molecular weight is 216 g/mol. The van der Waals surface area contributed by atoms with Crippen molar-refractivity contribution in [2.24, 2.45) is 7.05 Å². The van der Waals surface area contributed by atoms with Crippen LogP contribution in [0.4, 0.5) is 0 Å². The van der Waals surface area contributed by atoms with Crippen LogP contribution >= 0.6 is 0 Å². The van der Waals surface area contributed by atoms with Crippen molar-refractivity contribution in [2.45, 2.75) is 12.0 Å². The molecule has 1 N–H and O–H groups in total. The minimum Gasteiger partial charge on any atom is -0.381 e. The monoisotopic (exact) mass is 216 g/mol. The van der Waals surface area contributed by atoms with Gasteiger partial charge in [0.2, 0.25) is 0 Å². The van der Waals surface area contributed by atoms with Crippen LogP contribution in [0, 0.1) is 0 Å². The van der Waals surface area contributed by atoms with E-state index in [1.165, 1.54) is 0 Å². The molecule has 0 radical (unpaired) electrons. The van der Waals surface area contributed by atoms with Gasteiger partial charge in [0.15, 0.2) is 9.84 Å². The molecule has 0 spiro atoms. The van der Waals surface area contributed by atoms with Gasteiger partial charge in [-0.2, -0.15) is 0 Å². The number of aliphatic hydroxyl groups is 1. The first-order chi connectivity index (χ1) is 6.43. The molecule has 0 bridgehead atoms. The lowest BCUT2D eigenvalue weighted by atomic mass is 10.0. The molecule has 1 unspecified atom stereocenters. The Kier molecular flexibility index (Phi) is 1.94. The van der Waals surface area contributed by atoms with Gasteiger partial charge in [0.25, 0.3) is 0 Å². The van der Waals surface area contributed by atoms with E-state index in [2.05, 4.69) is 4.98 Å². The Balaban J connectivity index is 2.41. The lowest BCUT2D eigenvalue weighted by Crippen LogP contribution is -2.30. The third kappa shape index (κ3) is 1.44. The summed E-state index contributed by atoms with van der Waals surface area (Å²) in [5.41, 5.74) is -1.29. The van der Waals surface area contributed by atoms with Gasteiger partial charge >= 0.3 is 0 Å². The summed E-state index contributed by atoms with van der Waals surface area (Å²) >= 11 is 0. The summed E-state index contributed by atoms with van der Waals surface area (Å²) in [6, 6.07) is 0. The molecule has 1 aromatic heterocycles. The van der Waals surface area contributed by atoms with Crippen molar-refractivity contribution < 1.29 is 13.5 Å². The Hall–Kier alpha value is -0.880. The van der Waals surface area contributed by atoms with Crippen LogP contribution in [0.15, 0.2) is 12.4 Å². The van der Waals surface area contributed by atoms with Gasteiger partial charge in [-0.05, 0) is 6.42 Å². The van der Waals surface area contributed by atoms with Crippen molar-refractivity contribution in [1.29, 1.82) is 0 Å². The SMILES string of the molecule is Cn1ccnc1C1(O)CCS(=O)(=O)C1. The summed E-state index contributed by atoms with van der Waals surface area (Å²) in [7, 11) is -1.36. The molecule has 0 saturated carbocycles. The molecular weight excluding hydrogens is 204 g/mol. The Morgan fingerprint density at radius 3 is 2.79 bits per heavy atom. The molecule has 14 heavy (non-hydrogen) atoms. The summed E-state index contributed by atoms with van der Waals surface area (Å²) in [6.07, 6.45) is 3.48. The number of imidazole rings is 1. The highest BCUT2D eigenvalue weighted by molar-refractivity contribution is 7.91. The quantitative estimate of drug-likeness (QED) is 0.682. The maximum absolute atomic E-state index is 11.3. The van der Waals surface area contributed by atoms with Crippen LogP contribution in [0.25, 0.3) is 0 Å². The van der Waals surface area contributed by atoms with Crippen LogP contribution < -0.4 is 0 Å². The van der Waals surface area contributed by atoms with E-state index in [1.54, 1.807) is 24.0 Å². The lowest BCUT2D eigenvalue weighted by Gasteiger charge is -2.19. The van der Waals surface area contributed by atoms with Crippen molar-refractivity contribution in [2.75, 3.05) is 11.5 Å². The highest BCUT2D eigenvalue weighted by Gasteiger charge is 2.44. The molecule has 0 amide bonds. The summed E-state index contributed by atoms with van der Waals surface area (Å²) in [5.74, 6) is 0.250. The highest BCUT2D eigenvalue weighted by Crippen LogP contribution is 2.31. The number of nitrogens with zero attached hydrogens (tertiary/aromatic N) is 2. The van der Waals surface area contributed by atoms with Gasteiger partial charge in [-0.25, -0.2) is 13.4 Å². The van der Waals surface area contributed by atoms with Gasteiger partial charge in [-0.15, -0.1) is 0 Å². The Labute approximate surface area is 82.3 Å². The predicted octanol–water partition coefficient (Wildman–Crippen LogP) is -0.574. The van der Waals surface area contributed by atoms with E-state index in [1.807, 2.05) is 0 Å². The Morgan fingerprint density at radius 2 is 2.36 bits per heavy atom. The molecule has 1 atom stereocenters. The first-order valence-corrected chi connectivity index (χ1v) is 6.16. The van der Waals surface area contributed by atoms with Gasteiger partial charge < -0.3 is 9.67 Å². The maximum atomic E-state index is 11.3. The van der Waals surface area contributed by atoms with E-state index in [0.29, 0.717) is 5.82 Å². The molecule has 2 heterocycles. The van der Waals surface area contributed by atoms with Crippen LogP contribution in [0.1, 0.15) is 12.2 Å².